The number of hydrogen-bond donors (Lipinski definition) is 2. The summed E-state index contributed by atoms with van der Waals surface area (Å²) in [6, 6.07) is 1.49. The number of carbonyl (C=O) groups excluding carboxylic acids is 1. The molecule has 30 heavy (non-hydrogen) atoms. The molecule has 3 atom stereocenters. The summed E-state index contributed by atoms with van der Waals surface area (Å²) in [6.45, 7) is 3.96. The molecule has 168 valence electrons. The van der Waals surface area contributed by atoms with Crippen LogP contribution in [0.3, 0.4) is 0 Å². The minimum Gasteiger partial charge on any atom is -0.372 e. The molecule has 0 unspecified atom stereocenters. The summed E-state index contributed by atoms with van der Waals surface area (Å²) in [6.07, 6.45) is -8.17. The highest BCUT2D eigenvalue weighted by Gasteiger charge is 2.44. The molecule has 4 nitrogen and oxygen atoms in total. The third-order valence-corrected chi connectivity index (χ3v) is 5.98. The number of ether oxygens (including phenoxy) is 1. The van der Waals surface area contributed by atoms with E-state index in [1.807, 2.05) is 6.92 Å². The second-order valence-electron chi connectivity index (χ2n) is 8.54. The zero-order chi connectivity index (χ0) is 22.4. The van der Waals surface area contributed by atoms with Crippen LogP contribution in [0.25, 0.3) is 0 Å². The van der Waals surface area contributed by atoms with Crippen molar-refractivity contribution < 1.29 is 35.9 Å². The van der Waals surface area contributed by atoms with Gasteiger partial charge in [0.05, 0.1) is 29.4 Å². The molecule has 0 bridgehead atoms. The fourth-order valence-corrected chi connectivity index (χ4v) is 3.91. The molecule has 1 spiro atoms. The fourth-order valence-electron chi connectivity index (χ4n) is 3.91. The molecule has 1 aromatic carbocycles. The van der Waals surface area contributed by atoms with Gasteiger partial charge in [-0.25, -0.2) is 0 Å². The van der Waals surface area contributed by atoms with Gasteiger partial charge >= 0.3 is 12.4 Å². The number of carbonyl (C=O) groups is 1. The molecule has 1 aromatic rings. The van der Waals surface area contributed by atoms with Gasteiger partial charge in [-0.15, -0.1) is 0 Å². The second-order valence-corrected chi connectivity index (χ2v) is 8.54. The molecule has 2 saturated heterocycles. The van der Waals surface area contributed by atoms with E-state index in [9.17, 15) is 31.1 Å². The Hall–Kier alpha value is -1.81. The van der Waals surface area contributed by atoms with Crippen LogP contribution in [0.4, 0.5) is 26.3 Å². The molecule has 0 radical (unpaired) electrons. The first-order chi connectivity index (χ1) is 13.7. The Kier molecular flexibility index (Phi) is 5.87. The molecule has 1 amide bonds. The highest BCUT2D eigenvalue weighted by Crippen LogP contribution is 2.38. The minimum atomic E-state index is -4.90. The molecular formula is C20H24F6N2O2. The molecule has 0 saturated carbocycles. The molecule has 2 heterocycles. The lowest BCUT2D eigenvalue weighted by atomic mass is 9.80. The Morgan fingerprint density at radius 3 is 2.07 bits per heavy atom. The Bertz CT molecular complexity index is 765. The average molecular weight is 438 g/mol. The first kappa shape index (κ1) is 22.9. The zero-order valence-electron chi connectivity index (χ0n) is 16.6. The van der Waals surface area contributed by atoms with Crippen molar-refractivity contribution >= 4 is 5.91 Å². The van der Waals surface area contributed by atoms with Gasteiger partial charge in [0, 0.05) is 18.5 Å². The summed E-state index contributed by atoms with van der Waals surface area (Å²) >= 11 is 0. The second kappa shape index (κ2) is 7.71. The number of piperidine rings is 1. The van der Waals surface area contributed by atoms with E-state index in [1.54, 1.807) is 0 Å². The predicted molar refractivity (Wildman–Crippen MR) is 96.6 cm³/mol. The van der Waals surface area contributed by atoms with Gasteiger partial charge in [0.25, 0.3) is 0 Å². The van der Waals surface area contributed by atoms with E-state index in [1.165, 1.54) is 6.92 Å². The van der Waals surface area contributed by atoms with Crippen LogP contribution in [0.1, 0.15) is 62.3 Å². The van der Waals surface area contributed by atoms with E-state index in [0.29, 0.717) is 31.5 Å². The number of benzene rings is 1. The van der Waals surface area contributed by atoms with Gasteiger partial charge in [0.2, 0.25) is 5.91 Å². The van der Waals surface area contributed by atoms with E-state index in [2.05, 4.69) is 10.6 Å². The normalized spacial score (nSPS) is 28.6. The van der Waals surface area contributed by atoms with Gasteiger partial charge in [0.15, 0.2) is 0 Å². The third kappa shape index (κ3) is 5.08. The molecule has 3 rings (SSSR count). The summed E-state index contributed by atoms with van der Waals surface area (Å²) in [5.74, 6) is 0.00953. The highest BCUT2D eigenvalue weighted by molar-refractivity contribution is 5.79. The SMILES string of the molecule is C[C@@H](OC[C@@]1(C)CC[C@@]2(CCC(=O)N2)CN1)c1cc(C(F)(F)F)cc(C(F)(F)F)c1. The standard InChI is InChI=1S/C20H24F6N2O2/c1-12(13-7-14(19(21,22)23)9-15(8-13)20(24,25)26)30-11-17(2)5-6-18(10-27-17)4-3-16(29)28-18/h7-9,12,27H,3-6,10-11H2,1-2H3,(H,28,29)/t12-,17-,18+/m1/s1. The molecule has 2 fully saturated rings. The van der Waals surface area contributed by atoms with E-state index in [-0.39, 0.29) is 29.7 Å². The number of hydrogen-bond acceptors (Lipinski definition) is 3. The maximum atomic E-state index is 13.1. The van der Waals surface area contributed by atoms with Crippen molar-refractivity contribution in [2.24, 2.45) is 0 Å². The molecule has 2 aliphatic rings. The van der Waals surface area contributed by atoms with Crippen LogP contribution in [0, 0.1) is 0 Å². The van der Waals surface area contributed by atoms with E-state index in [0.717, 1.165) is 12.8 Å². The lowest BCUT2D eigenvalue weighted by Gasteiger charge is -2.44. The highest BCUT2D eigenvalue weighted by atomic mass is 19.4. The number of alkyl halides is 6. The number of halogens is 6. The van der Waals surface area contributed by atoms with Gasteiger partial charge in [-0.3, -0.25) is 4.79 Å². The van der Waals surface area contributed by atoms with Gasteiger partial charge < -0.3 is 15.4 Å². The van der Waals surface area contributed by atoms with Gasteiger partial charge in [-0.05, 0) is 56.9 Å². The summed E-state index contributed by atoms with van der Waals surface area (Å²) in [4.78, 5) is 11.5. The lowest BCUT2D eigenvalue weighted by Crippen LogP contribution is -2.62. The van der Waals surface area contributed by atoms with Crippen LogP contribution in [0.15, 0.2) is 18.2 Å². The van der Waals surface area contributed by atoms with Crippen molar-refractivity contribution in [1.29, 1.82) is 0 Å². The van der Waals surface area contributed by atoms with E-state index in [4.69, 9.17) is 4.74 Å². The summed E-state index contributed by atoms with van der Waals surface area (Å²) in [7, 11) is 0. The first-order valence-electron chi connectivity index (χ1n) is 9.69. The average Bonchev–Trinajstić information content (AvgIpc) is 3.02. The fraction of sp³-hybridized carbons (Fsp3) is 0.650. The van der Waals surface area contributed by atoms with Crippen LogP contribution >= 0.6 is 0 Å². The molecule has 0 aromatic heterocycles. The van der Waals surface area contributed by atoms with E-state index >= 15 is 0 Å². The molecule has 2 N–H and O–H groups in total. The monoisotopic (exact) mass is 438 g/mol. The van der Waals surface area contributed by atoms with Crippen molar-refractivity contribution in [3.8, 4) is 0 Å². The predicted octanol–water partition coefficient (Wildman–Crippen LogP) is 4.59. The Labute approximate surface area is 170 Å². The molecular weight excluding hydrogens is 414 g/mol. The Balaban J connectivity index is 1.69. The van der Waals surface area contributed by atoms with Crippen molar-refractivity contribution in [2.45, 2.75) is 69.1 Å². The first-order valence-corrected chi connectivity index (χ1v) is 9.69. The van der Waals surface area contributed by atoms with Crippen molar-refractivity contribution in [3.05, 3.63) is 34.9 Å². The maximum Gasteiger partial charge on any atom is 0.416 e. The number of nitrogens with one attached hydrogen (secondary N) is 2. The van der Waals surface area contributed by atoms with Crippen molar-refractivity contribution in [3.63, 3.8) is 0 Å². The molecule has 2 aliphatic heterocycles. The number of amides is 1. The van der Waals surface area contributed by atoms with Crippen LogP contribution in [-0.2, 0) is 21.9 Å². The quantitative estimate of drug-likeness (QED) is 0.676. The van der Waals surface area contributed by atoms with Crippen molar-refractivity contribution in [1.82, 2.24) is 10.6 Å². The van der Waals surface area contributed by atoms with Gasteiger partial charge in [-0.1, -0.05) is 0 Å². The lowest BCUT2D eigenvalue weighted by molar-refractivity contribution is -0.143. The van der Waals surface area contributed by atoms with Crippen LogP contribution in [0.2, 0.25) is 0 Å². The Morgan fingerprint density at radius 1 is 1.03 bits per heavy atom. The summed E-state index contributed by atoms with van der Waals surface area (Å²) in [5, 5.41) is 6.31. The maximum absolute atomic E-state index is 13.1. The minimum absolute atomic E-state index is 0.00953. The summed E-state index contributed by atoms with van der Waals surface area (Å²) in [5.41, 5.74) is -3.69. The smallest absolute Gasteiger partial charge is 0.372 e. The zero-order valence-corrected chi connectivity index (χ0v) is 16.6. The van der Waals surface area contributed by atoms with Gasteiger partial charge in [0.1, 0.15) is 0 Å². The molecule has 10 heteroatoms. The largest absolute Gasteiger partial charge is 0.416 e. The van der Waals surface area contributed by atoms with Crippen molar-refractivity contribution in [2.75, 3.05) is 13.2 Å². The van der Waals surface area contributed by atoms with Crippen LogP contribution in [-0.4, -0.2) is 30.1 Å². The number of rotatable bonds is 4. The third-order valence-electron chi connectivity index (χ3n) is 5.98. The Morgan fingerprint density at radius 2 is 1.63 bits per heavy atom. The molecule has 0 aliphatic carbocycles. The topological polar surface area (TPSA) is 50.4 Å². The van der Waals surface area contributed by atoms with Crippen LogP contribution in [0.5, 0.6) is 0 Å². The van der Waals surface area contributed by atoms with Crippen LogP contribution < -0.4 is 10.6 Å². The summed E-state index contributed by atoms with van der Waals surface area (Å²) < 4.78 is 84.1. The van der Waals surface area contributed by atoms with Gasteiger partial charge in [-0.2, -0.15) is 26.3 Å². The van der Waals surface area contributed by atoms with E-state index < -0.39 is 35.1 Å².